The summed E-state index contributed by atoms with van der Waals surface area (Å²) in [6.07, 6.45) is 2.99. The average molecular weight is 415 g/mol. The summed E-state index contributed by atoms with van der Waals surface area (Å²) in [4.78, 5) is 32.0. The molecule has 1 unspecified atom stereocenters. The molecule has 0 aliphatic carbocycles. The Labute approximate surface area is 168 Å². The molecule has 6 nitrogen and oxygen atoms in total. The molecule has 0 spiro atoms. The lowest BCUT2D eigenvalue weighted by atomic mass is 10.0. The highest BCUT2D eigenvalue weighted by molar-refractivity contribution is 7.10. The zero-order chi connectivity index (χ0) is 19.8. The number of ether oxygens (including phenoxy) is 1. The van der Waals surface area contributed by atoms with Gasteiger partial charge in [-0.1, -0.05) is 17.4 Å². The number of nitrogens with zero attached hydrogens (tertiary/aromatic N) is 2. The minimum Gasteiger partial charge on any atom is -0.465 e. The number of carbonyl (C=O) groups excluding carboxylic acids is 1. The van der Waals surface area contributed by atoms with Gasteiger partial charge >= 0.3 is 5.97 Å². The summed E-state index contributed by atoms with van der Waals surface area (Å²) in [5.74, 6) is 0.142. The summed E-state index contributed by atoms with van der Waals surface area (Å²) in [5, 5.41) is 1.93. The molecule has 0 bridgehead atoms. The molecule has 144 valence electrons. The predicted molar refractivity (Wildman–Crippen MR) is 108 cm³/mol. The Hall–Kier alpha value is -2.71. The van der Waals surface area contributed by atoms with Crippen molar-refractivity contribution in [3.63, 3.8) is 0 Å². The molecule has 0 aromatic carbocycles. The van der Waals surface area contributed by atoms with Crippen LogP contribution in [0, 0.1) is 0 Å². The molecule has 0 saturated heterocycles. The van der Waals surface area contributed by atoms with Crippen LogP contribution in [0.3, 0.4) is 0 Å². The van der Waals surface area contributed by atoms with Gasteiger partial charge in [0, 0.05) is 11.0 Å². The van der Waals surface area contributed by atoms with Crippen LogP contribution in [0.25, 0.3) is 6.08 Å². The van der Waals surface area contributed by atoms with Gasteiger partial charge in [-0.2, -0.15) is 0 Å². The smallest absolute Gasteiger partial charge is 0.338 e. The molecule has 4 heterocycles. The van der Waals surface area contributed by atoms with Crippen LogP contribution in [-0.4, -0.2) is 16.6 Å². The molecule has 28 heavy (non-hydrogen) atoms. The third-order valence-corrected chi connectivity index (χ3v) is 6.12. The van der Waals surface area contributed by atoms with Crippen LogP contribution in [0.15, 0.2) is 61.4 Å². The van der Waals surface area contributed by atoms with E-state index >= 15 is 0 Å². The van der Waals surface area contributed by atoms with Crippen molar-refractivity contribution in [2.24, 2.45) is 4.99 Å². The van der Waals surface area contributed by atoms with Crippen molar-refractivity contribution in [2.75, 3.05) is 0 Å². The van der Waals surface area contributed by atoms with Crippen LogP contribution in [0.4, 0.5) is 0 Å². The maximum Gasteiger partial charge on any atom is 0.338 e. The Kier molecular flexibility index (Phi) is 4.91. The van der Waals surface area contributed by atoms with E-state index in [1.165, 1.54) is 22.7 Å². The Morgan fingerprint density at radius 1 is 1.36 bits per heavy atom. The largest absolute Gasteiger partial charge is 0.465 e. The zero-order valence-electron chi connectivity index (χ0n) is 15.5. The molecule has 0 saturated carbocycles. The van der Waals surface area contributed by atoms with Gasteiger partial charge in [0.1, 0.15) is 11.8 Å². The fourth-order valence-electron chi connectivity index (χ4n) is 3.08. The molecule has 3 aromatic heterocycles. The molecular formula is C20H18N2O4S2. The number of rotatable bonds is 4. The van der Waals surface area contributed by atoms with Gasteiger partial charge in [0.2, 0.25) is 0 Å². The normalized spacial score (nSPS) is 17.0. The van der Waals surface area contributed by atoms with Gasteiger partial charge in [-0.3, -0.25) is 9.36 Å². The number of furan rings is 1. The number of hydrogen-bond donors (Lipinski definition) is 0. The number of thiazole rings is 1. The summed E-state index contributed by atoms with van der Waals surface area (Å²) in [5.41, 5.74) is 0.754. The zero-order valence-corrected chi connectivity index (χ0v) is 17.2. The van der Waals surface area contributed by atoms with Crippen LogP contribution in [0.5, 0.6) is 0 Å². The molecule has 1 aliphatic rings. The van der Waals surface area contributed by atoms with E-state index in [4.69, 9.17) is 9.15 Å². The molecule has 0 amide bonds. The highest BCUT2D eigenvalue weighted by atomic mass is 32.1. The van der Waals surface area contributed by atoms with Crippen molar-refractivity contribution in [2.45, 2.75) is 32.9 Å². The quantitative estimate of drug-likeness (QED) is 0.616. The topological polar surface area (TPSA) is 73.8 Å². The first-order valence-corrected chi connectivity index (χ1v) is 10.5. The number of hydrogen-bond acceptors (Lipinski definition) is 7. The lowest BCUT2D eigenvalue weighted by molar-refractivity contribution is -0.143. The lowest BCUT2D eigenvalue weighted by Crippen LogP contribution is -2.39. The fourth-order valence-corrected chi connectivity index (χ4v) is 4.93. The van der Waals surface area contributed by atoms with E-state index in [1.807, 2.05) is 17.5 Å². The van der Waals surface area contributed by atoms with Crippen molar-refractivity contribution < 1.29 is 13.9 Å². The van der Waals surface area contributed by atoms with Gasteiger partial charge in [-0.05, 0) is 44.4 Å². The van der Waals surface area contributed by atoms with Crippen molar-refractivity contribution in [1.82, 2.24) is 4.57 Å². The first-order chi connectivity index (χ1) is 13.5. The Bertz CT molecular complexity index is 1210. The highest BCUT2D eigenvalue weighted by Crippen LogP contribution is 2.33. The summed E-state index contributed by atoms with van der Waals surface area (Å²) in [6, 6.07) is 6.81. The molecule has 3 aromatic rings. The van der Waals surface area contributed by atoms with Crippen LogP contribution in [0.2, 0.25) is 0 Å². The maximum absolute atomic E-state index is 13.2. The van der Waals surface area contributed by atoms with Gasteiger partial charge in [0.25, 0.3) is 5.56 Å². The van der Waals surface area contributed by atoms with E-state index < -0.39 is 12.0 Å². The second-order valence-corrected chi connectivity index (χ2v) is 8.56. The third kappa shape index (κ3) is 3.29. The van der Waals surface area contributed by atoms with Crippen molar-refractivity contribution in [3.8, 4) is 0 Å². The van der Waals surface area contributed by atoms with E-state index in [9.17, 15) is 9.59 Å². The van der Waals surface area contributed by atoms with Crippen LogP contribution in [0.1, 0.15) is 37.5 Å². The summed E-state index contributed by atoms with van der Waals surface area (Å²) < 4.78 is 12.9. The third-order valence-electron chi connectivity index (χ3n) is 4.21. The monoisotopic (exact) mass is 414 g/mol. The summed E-state index contributed by atoms with van der Waals surface area (Å²) >= 11 is 2.77. The average Bonchev–Trinajstić information content (AvgIpc) is 3.37. The number of thiophene rings is 1. The van der Waals surface area contributed by atoms with Gasteiger partial charge < -0.3 is 9.15 Å². The van der Waals surface area contributed by atoms with Crippen molar-refractivity contribution in [3.05, 3.63) is 77.5 Å². The minimum atomic E-state index is -0.554. The lowest BCUT2D eigenvalue weighted by Gasteiger charge is -2.24. The van der Waals surface area contributed by atoms with E-state index in [-0.39, 0.29) is 11.7 Å². The molecule has 1 atom stereocenters. The standard InChI is InChI=1S/C20H18N2O4S2/c1-11(2)26-19(24)16-12(3)21-20-22(17(16)14-7-5-9-27-14)18(23)15(28-20)10-13-6-4-8-25-13/h4-11,17H,1-3H3/b15-10-. The second kappa shape index (κ2) is 7.37. The number of aromatic nitrogens is 1. The number of esters is 1. The summed E-state index contributed by atoms with van der Waals surface area (Å²) in [7, 11) is 0. The predicted octanol–water partition coefficient (Wildman–Crippen LogP) is 2.84. The number of carbonyl (C=O) groups is 1. The van der Waals surface area contributed by atoms with Crippen LogP contribution >= 0.6 is 22.7 Å². The first kappa shape index (κ1) is 18.6. The van der Waals surface area contributed by atoms with E-state index in [0.717, 1.165) is 4.88 Å². The Morgan fingerprint density at radius 2 is 2.18 bits per heavy atom. The molecule has 0 N–H and O–H groups in total. The maximum atomic E-state index is 13.2. The Morgan fingerprint density at radius 3 is 2.82 bits per heavy atom. The van der Waals surface area contributed by atoms with Gasteiger partial charge in [0.15, 0.2) is 4.80 Å². The van der Waals surface area contributed by atoms with Gasteiger partial charge in [-0.15, -0.1) is 11.3 Å². The molecule has 8 heteroatoms. The molecular weight excluding hydrogens is 396 g/mol. The van der Waals surface area contributed by atoms with Gasteiger partial charge in [-0.25, -0.2) is 9.79 Å². The molecule has 4 rings (SSSR count). The van der Waals surface area contributed by atoms with Gasteiger partial charge in [0.05, 0.1) is 28.2 Å². The molecule has 1 aliphatic heterocycles. The van der Waals surface area contributed by atoms with E-state index in [0.29, 0.717) is 26.4 Å². The fraction of sp³-hybridized carbons (Fsp3) is 0.250. The SMILES string of the molecule is CC1=C(C(=O)OC(C)C)C(c2cccs2)n2c(s/c(=C\c3ccco3)c2=O)=N1. The molecule has 0 radical (unpaired) electrons. The van der Waals surface area contributed by atoms with Crippen molar-refractivity contribution >= 4 is 34.7 Å². The summed E-state index contributed by atoms with van der Waals surface area (Å²) in [6.45, 7) is 5.38. The number of allylic oxidation sites excluding steroid dienone is 1. The second-order valence-electron chi connectivity index (χ2n) is 6.57. The van der Waals surface area contributed by atoms with E-state index in [2.05, 4.69) is 4.99 Å². The highest BCUT2D eigenvalue weighted by Gasteiger charge is 2.34. The van der Waals surface area contributed by atoms with Crippen molar-refractivity contribution in [1.29, 1.82) is 0 Å². The van der Waals surface area contributed by atoms with Crippen LogP contribution in [-0.2, 0) is 9.53 Å². The first-order valence-electron chi connectivity index (χ1n) is 8.76. The Balaban J connectivity index is 1.94. The van der Waals surface area contributed by atoms with E-state index in [1.54, 1.807) is 49.8 Å². The number of fused-ring (bicyclic) bond motifs is 1. The minimum absolute atomic E-state index is 0.208. The van der Waals surface area contributed by atoms with Crippen LogP contribution < -0.4 is 14.9 Å². The molecule has 0 fully saturated rings.